The average Bonchev–Trinajstić information content (AvgIpc) is 2.77. The normalized spacial score (nSPS) is 14.2. The Morgan fingerprint density at radius 2 is 1.65 bits per heavy atom. The molecule has 7 nitrogen and oxygen atoms in total. The lowest BCUT2D eigenvalue weighted by Crippen LogP contribution is -2.44. The second kappa shape index (κ2) is 12.9. The number of carbonyl (C=O) groups is 2. The molecule has 1 aromatic heterocycles. The number of nitrogens with one attached hydrogen (secondary N) is 1. The molecule has 1 amide bonds. The quantitative estimate of drug-likeness (QED) is 0.295. The molecule has 31 heavy (non-hydrogen) atoms. The molecule has 0 saturated carbocycles. The van der Waals surface area contributed by atoms with Gasteiger partial charge in [0.2, 0.25) is 0 Å². The number of anilines is 1. The maximum atomic E-state index is 12.4. The molecule has 2 aromatic rings. The molecule has 1 saturated heterocycles. The molecule has 1 aliphatic heterocycles. The first kappa shape index (κ1) is 26.3. The number of halogens is 2. The van der Waals surface area contributed by atoms with E-state index in [1.165, 1.54) is 23.7 Å². The lowest BCUT2D eigenvalue weighted by molar-refractivity contribution is -0.124. The van der Waals surface area contributed by atoms with Crippen LogP contribution in [0, 0.1) is 0 Å². The van der Waals surface area contributed by atoms with Gasteiger partial charge in [0.1, 0.15) is 0 Å². The minimum Gasteiger partial charge on any atom is -0.369 e. The van der Waals surface area contributed by atoms with Gasteiger partial charge < -0.3 is 9.80 Å². The van der Waals surface area contributed by atoms with Crippen LogP contribution in [-0.4, -0.2) is 60.0 Å². The Labute approximate surface area is 194 Å². The van der Waals surface area contributed by atoms with Crippen LogP contribution in [0.25, 0.3) is 12.2 Å². The number of hydrogen-bond donors (Lipinski definition) is 2. The topological polar surface area (TPSA) is 85.8 Å². The summed E-state index contributed by atoms with van der Waals surface area (Å²) in [6.07, 6.45) is 7.49. The van der Waals surface area contributed by atoms with Crippen LogP contribution >= 0.6 is 24.8 Å². The van der Waals surface area contributed by atoms with Crippen molar-refractivity contribution in [2.75, 3.05) is 38.1 Å². The third-order valence-corrected chi connectivity index (χ3v) is 4.77. The fourth-order valence-corrected chi connectivity index (χ4v) is 2.98. The molecule has 0 unspecified atom stereocenters. The van der Waals surface area contributed by atoms with Gasteiger partial charge in [-0.2, -0.15) is 0 Å². The Morgan fingerprint density at radius 1 is 0.968 bits per heavy atom. The molecule has 9 heteroatoms. The first-order valence-electron chi connectivity index (χ1n) is 9.39. The molecule has 1 fully saturated rings. The van der Waals surface area contributed by atoms with Gasteiger partial charge >= 0.3 is 0 Å². The predicted molar refractivity (Wildman–Crippen MR) is 127 cm³/mol. The number of piperazine rings is 1. The van der Waals surface area contributed by atoms with Crippen LogP contribution in [0.5, 0.6) is 0 Å². The van der Waals surface area contributed by atoms with Crippen molar-refractivity contribution in [2.45, 2.75) is 0 Å². The highest BCUT2D eigenvalue weighted by molar-refractivity contribution is 6.07. The van der Waals surface area contributed by atoms with E-state index in [0.29, 0.717) is 11.3 Å². The third kappa shape index (κ3) is 7.80. The molecule has 2 heterocycles. The number of nitrogens with zero attached hydrogens (tertiary/aromatic N) is 3. The molecular formula is C22H26Cl2N4O3. The zero-order valence-electron chi connectivity index (χ0n) is 17.1. The maximum Gasteiger partial charge on any atom is 0.267 e. The van der Waals surface area contributed by atoms with E-state index in [0.717, 1.165) is 37.4 Å². The van der Waals surface area contributed by atoms with Crippen molar-refractivity contribution in [3.05, 3.63) is 71.6 Å². The lowest BCUT2D eigenvalue weighted by Gasteiger charge is -2.34. The largest absolute Gasteiger partial charge is 0.369 e. The van der Waals surface area contributed by atoms with Gasteiger partial charge in [0.15, 0.2) is 5.78 Å². The first-order chi connectivity index (χ1) is 14.0. The molecule has 2 N–H and O–H groups in total. The molecule has 1 aliphatic rings. The second-order valence-electron chi connectivity index (χ2n) is 6.86. The minimum atomic E-state index is -0.625. The molecule has 0 aliphatic carbocycles. The van der Waals surface area contributed by atoms with Gasteiger partial charge in [-0.05, 0) is 61.2 Å². The van der Waals surface area contributed by atoms with Crippen molar-refractivity contribution < 1.29 is 14.8 Å². The monoisotopic (exact) mass is 464 g/mol. The Kier molecular flexibility index (Phi) is 10.9. The van der Waals surface area contributed by atoms with Crippen LogP contribution < -0.4 is 10.4 Å². The second-order valence-corrected chi connectivity index (χ2v) is 6.86. The van der Waals surface area contributed by atoms with Crippen molar-refractivity contribution >= 4 is 54.3 Å². The van der Waals surface area contributed by atoms with E-state index >= 15 is 0 Å². The van der Waals surface area contributed by atoms with Crippen LogP contribution in [0.1, 0.15) is 21.6 Å². The van der Waals surface area contributed by atoms with E-state index in [-0.39, 0.29) is 30.6 Å². The predicted octanol–water partition coefficient (Wildman–Crippen LogP) is 3.09. The molecular weight excluding hydrogens is 439 g/mol. The Balaban J connectivity index is 0.00000240. The van der Waals surface area contributed by atoms with E-state index in [1.54, 1.807) is 24.4 Å². The molecule has 1 aromatic carbocycles. The molecule has 0 bridgehead atoms. The van der Waals surface area contributed by atoms with Gasteiger partial charge in [0.25, 0.3) is 5.91 Å². The Hall–Kier alpha value is -2.71. The maximum absolute atomic E-state index is 12.4. The van der Waals surface area contributed by atoms with E-state index in [2.05, 4.69) is 21.8 Å². The Bertz CT molecular complexity index is 907. The van der Waals surface area contributed by atoms with Crippen LogP contribution in [0.4, 0.5) is 5.69 Å². The van der Waals surface area contributed by atoms with E-state index in [9.17, 15) is 9.59 Å². The third-order valence-electron chi connectivity index (χ3n) is 4.77. The van der Waals surface area contributed by atoms with Crippen LogP contribution in [-0.2, 0) is 4.79 Å². The smallest absolute Gasteiger partial charge is 0.267 e. The zero-order valence-corrected chi connectivity index (χ0v) is 18.7. The summed E-state index contributed by atoms with van der Waals surface area (Å²) < 4.78 is 0. The summed E-state index contributed by atoms with van der Waals surface area (Å²) in [5.41, 5.74) is 4.63. The number of ketones is 1. The summed E-state index contributed by atoms with van der Waals surface area (Å²) in [6, 6.07) is 11.2. The molecule has 0 atom stereocenters. The molecule has 0 spiro atoms. The minimum absolute atomic E-state index is 0. The van der Waals surface area contributed by atoms with Gasteiger partial charge in [-0.25, -0.2) is 5.48 Å². The number of amides is 1. The molecule has 0 radical (unpaired) electrons. The van der Waals surface area contributed by atoms with Crippen molar-refractivity contribution in [3.63, 3.8) is 0 Å². The van der Waals surface area contributed by atoms with Gasteiger partial charge in [-0.1, -0.05) is 6.07 Å². The van der Waals surface area contributed by atoms with Gasteiger partial charge in [-0.3, -0.25) is 19.8 Å². The SMILES string of the molecule is CN1CCN(c2ccc(C(=O)/C=C/c3ccc(/C=C/C(=O)NO)nc3)cc2)CC1.Cl.Cl. The number of aromatic nitrogens is 1. The van der Waals surface area contributed by atoms with Crippen LogP contribution in [0.3, 0.4) is 0 Å². The van der Waals surface area contributed by atoms with E-state index in [1.807, 2.05) is 24.3 Å². The van der Waals surface area contributed by atoms with Gasteiger partial charge in [0, 0.05) is 49.7 Å². The number of pyridine rings is 1. The summed E-state index contributed by atoms with van der Waals surface area (Å²) >= 11 is 0. The highest BCUT2D eigenvalue weighted by Crippen LogP contribution is 2.17. The summed E-state index contributed by atoms with van der Waals surface area (Å²) in [7, 11) is 2.13. The summed E-state index contributed by atoms with van der Waals surface area (Å²) in [5.74, 6) is -0.696. The number of hydroxylamine groups is 1. The number of benzene rings is 1. The van der Waals surface area contributed by atoms with Gasteiger partial charge in [0.05, 0.1) is 5.69 Å². The highest BCUT2D eigenvalue weighted by atomic mass is 35.5. The molecule has 3 rings (SSSR count). The summed E-state index contributed by atoms with van der Waals surface area (Å²) in [5, 5.41) is 8.45. The van der Waals surface area contributed by atoms with Crippen molar-refractivity contribution in [1.82, 2.24) is 15.4 Å². The number of hydrogen-bond acceptors (Lipinski definition) is 6. The standard InChI is InChI=1S/C22H24N4O3.2ClH/c1-25-12-14-26(15-13-25)20-8-4-18(5-9-20)21(27)10-3-17-2-6-19(23-16-17)7-11-22(28)24-29;;/h2-11,16,29H,12-15H2,1H3,(H,24,28);2*1H/b10-3+,11-7+;;. The van der Waals surface area contributed by atoms with Crippen LogP contribution in [0.2, 0.25) is 0 Å². The number of allylic oxidation sites excluding steroid dienone is 1. The lowest BCUT2D eigenvalue weighted by atomic mass is 10.1. The van der Waals surface area contributed by atoms with Crippen molar-refractivity contribution in [1.29, 1.82) is 0 Å². The fraction of sp³-hybridized carbons (Fsp3) is 0.227. The van der Waals surface area contributed by atoms with Crippen molar-refractivity contribution in [2.24, 2.45) is 0 Å². The van der Waals surface area contributed by atoms with E-state index < -0.39 is 5.91 Å². The number of likely N-dealkylation sites (N-methyl/N-ethyl adjacent to an activating group) is 1. The number of rotatable bonds is 6. The summed E-state index contributed by atoms with van der Waals surface area (Å²) in [6.45, 7) is 4.07. The average molecular weight is 465 g/mol. The fourth-order valence-electron chi connectivity index (χ4n) is 2.98. The van der Waals surface area contributed by atoms with Crippen molar-refractivity contribution in [3.8, 4) is 0 Å². The highest BCUT2D eigenvalue weighted by Gasteiger charge is 2.14. The zero-order chi connectivity index (χ0) is 20.6. The van der Waals surface area contributed by atoms with Gasteiger partial charge in [-0.15, -0.1) is 24.8 Å². The number of carbonyl (C=O) groups excluding carboxylic acids is 2. The summed E-state index contributed by atoms with van der Waals surface area (Å²) in [4.78, 5) is 32.2. The first-order valence-corrected chi connectivity index (χ1v) is 9.39. The molecule has 166 valence electrons. The van der Waals surface area contributed by atoms with Crippen LogP contribution in [0.15, 0.2) is 54.7 Å². The Morgan fingerprint density at radius 3 is 2.23 bits per heavy atom. The van der Waals surface area contributed by atoms with E-state index in [4.69, 9.17) is 5.21 Å².